The summed E-state index contributed by atoms with van der Waals surface area (Å²) in [7, 11) is 0. The van der Waals surface area contributed by atoms with Crippen LogP contribution in [0.15, 0.2) is 47.4 Å². The van der Waals surface area contributed by atoms with Crippen LogP contribution in [-0.2, 0) is 4.79 Å². The van der Waals surface area contributed by atoms with Crippen molar-refractivity contribution in [1.82, 2.24) is 9.97 Å². The number of pyridine rings is 1. The molecule has 0 saturated carbocycles. The van der Waals surface area contributed by atoms with Crippen LogP contribution in [0.2, 0.25) is 5.02 Å². The summed E-state index contributed by atoms with van der Waals surface area (Å²) in [5.41, 5.74) is 0.382. The fraction of sp³-hybridized carbons (Fsp3) is 0.125. The van der Waals surface area contributed by atoms with Crippen molar-refractivity contribution in [3.8, 4) is 0 Å². The molecule has 3 rings (SSSR count). The second kappa shape index (κ2) is 6.44. The van der Waals surface area contributed by atoms with Crippen LogP contribution in [0.5, 0.6) is 0 Å². The van der Waals surface area contributed by atoms with Crippen molar-refractivity contribution in [2.24, 2.45) is 0 Å². The minimum Gasteiger partial charge on any atom is -0.310 e. The average Bonchev–Trinajstić information content (AvgIpc) is 2.53. The highest BCUT2D eigenvalue weighted by atomic mass is 35.5. The van der Waals surface area contributed by atoms with E-state index in [1.165, 1.54) is 18.3 Å². The van der Waals surface area contributed by atoms with Crippen molar-refractivity contribution in [3.05, 3.63) is 58.0 Å². The van der Waals surface area contributed by atoms with Crippen molar-refractivity contribution >= 4 is 49.8 Å². The van der Waals surface area contributed by atoms with Crippen molar-refractivity contribution < 1.29 is 4.79 Å². The van der Waals surface area contributed by atoms with Crippen LogP contribution in [0, 0.1) is 0 Å². The molecule has 116 valence electrons. The fourth-order valence-corrected chi connectivity index (χ4v) is 3.21. The number of carbonyl (C=O) groups is 1. The maximum absolute atomic E-state index is 12.2. The number of fused-ring (bicyclic) bond motifs is 1. The number of rotatable bonds is 4. The zero-order chi connectivity index (χ0) is 16.4. The Balaban J connectivity index is 2.14. The third-order valence-electron chi connectivity index (χ3n) is 3.14. The predicted octanol–water partition coefficient (Wildman–Crippen LogP) is 3.43. The zero-order valence-corrected chi connectivity index (χ0v) is 13.8. The molecule has 0 bridgehead atoms. The first-order valence-electron chi connectivity index (χ1n) is 6.83. The number of carbonyl (C=O) groups excluding carboxylic acids is 1. The van der Waals surface area contributed by atoms with E-state index in [4.69, 9.17) is 11.6 Å². The first kappa shape index (κ1) is 15.6. The van der Waals surface area contributed by atoms with E-state index in [1.54, 1.807) is 47.5 Å². The molecule has 0 spiro atoms. The molecule has 0 aliphatic heterocycles. The number of nitrogens with zero attached hydrogens (tertiary/aromatic N) is 3. The first-order chi connectivity index (χ1) is 11.0. The molecule has 0 fully saturated rings. The normalized spacial score (nSPS) is 10.7. The Bertz CT molecular complexity index is 925. The predicted molar refractivity (Wildman–Crippen MR) is 92.8 cm³/mol. The van der Waals surface area contributed by atoms with E-state index in [0.29, 0.717) is 20.4 Å². The molecule has 2 heterocycles. The molecule has 0 saturated heterocycles. The molecule has 5 nitrogen and oxygen atoms in total. The van der Waals surface area contributed by atoms with Gasteiger partial charge in [0.05, 0.1) is 11.9 Å². The summed E-state index contributed by atoms with van der Waals surface area (Å²) in [4.78, 5) is 34.4. The number of benzene rings is 1. The minimum atomic E-state index is -0.357. The molecule has 2 aromatic heterocycles. The highest BCUT2D eigenvalue weighted by molar-refractivity contribution is 7.21. The summed E-state index contributed by atoms with van der Waals surface area (Å²) < 4.78 is 0. The first-order valence-corrected chi connectivity index (χ1v) is 8.02. The number of hydrogen-bond donors (Lipinski definition) is 0. The Kier molecular flexibility index (Phi) is 4.36. The molecule has 1 aromatic carbocycles. The van der Waals surface area contributed by atoms with E-state index in [1.807, 2.05) is 0 Å². The summed E-state index contributed by atoms with van der Waals surface area (Å²) in [6.07, 6.45) is 1.62. The van der Waals surface area contributed by atoms with Crippen LogP contribution >= 0.6 is 22.9 Å². The van der Waals surface area contributed by atoms with Gasteiger partial charge in [0.15, 0.2) is 5.13 Å². The van der Waals surface area contributed by atoms with Gasteiger partial charge in [-0.15, -0.1) is 0 Å². The van der Waals surface area contributed by atoms with Crippen LogP contribution in [0.1, 0.15) is 6.92 Å². The van der Waals surface area contributed by atoms with Crippen molar-refractivity contribution in [2.45, 2.75) is 6.92 Å². The topological polar surface area (TPSA) is 63.2 Å². The lowest BCUT2D eigenvalue weighted by atomic mass is 10.3. The number of Topliss-reactive ketones (excluding diaryl/α,β-unsaturated/α-hetero) is 1. The third-order valence-corrected chi connectivity index (χ3v) is 4.40. The number of anilines is 2. The Morgan fingerprint density at radius 3 is 2.70 bits per heavy atom. The largest absolute Gasteiger partial charge is 0.310 e. The van der Waals surface area contributed by atoms with Crippen LogP contribution in [0.3, 0.4) is 0 Å². The van der Waals surface area contributed by atoms with Gasteiger partial charge in [0.25, 0.3) is 5.56 Å². The van der Waals surface area contributed by atoms with Crippen LogP contribution in [0.25, 0.3) is 10.2 Å². The van der Waals surface area contributed by atoms with Crippen molar-refractivity contribution in [1.29, 1.82) is 0 Å². The van der Waals surface area contributed by atoms with E-state index in [0.717, 1.165) is 5.69 Å². The Morgan fingerprint density at radius 1 is 1.26 bits per heavy atom. The standard InChI is InChI=1S/C16H12ClN3O2S/c1-10(21)9-20(12-6-4-11(17)5-7-12)16-19-14(22)13-3-2-8-18-15(13)23-16/h2-8H,9H2,1H3. The molecule has 3 aromatic rings. The zero-order valence-electron chi connectivity index (χ0n) is 12.2. The summed E-state index contributed by atoms with van der Waals surface area (Å²) in [6, 6.07) is 10.4. The highest BCUT2D eigenvalue weighted by Gasteiger charge is 2.16. The molecule has 0 unspecified atom stereocenters. The molecular formula is C16H12ClN3O2S. The van der Waals surface area contributed by atoms with Crippen molar-refractivity contribution in [3.63, 3.8) is 0 Å². The lowest BCUT2D eigenvalue weighted by molar-refractivity contribution is -0.115. The van der Waals surface area contributed by atoms with Gasteiger partial charge < -0.3 is 4.90 Å². The lowest BCUT2D eigenvalue weighted by Gasteiger charge is -2.21. The molecule has 0 N–H and O–H groups in total. The van der Waals surface area contributed by atoms with Gasteiger partial charge in [-0.25, -0.2) is 4.98 Å². The van der Waals surface area contributed by atoms with Gasteiger partial charge in [-0.2, -0.15) is 4.98 Å². The molecule has 0 atom stereocenters. The molecular weight excluding hydrogens is 334 g/mol. The smallest absolute Gasteiger partial charge is 0.282 e. The van der Waals surface area contributed by atoms with Gasteiger partial charge in [0.1, 0.15) is 10.6 Å². The summed E-state index contributed by atoms with van der Waals surface area (Å²) in [5, 5.41) is 1.50. The van der Waals surface area contributed by atoms with Crippen LogP contribution in [0.4, 0.5) is 10.8 Å². The number of ketones is 1. The van der Waals surface area contributed by atoms with E-state index >= 15 is 0 Å². The maximum Gasteiger partial charge on any atom is 0.282 e. The maximum atomic E-state index is 12.2. The second-order valence-electron chi connectivity index (χ2n) is 4.92. The van der Waals surface area contributed by atoms with Gasteiger partial charge in [0, 0.05) is 16.9 Å². The number of aromatic nitrogens is 2. The van der Waals surface area contributed by atoms with E-state index in [-0.39, 0.29) is 17.9 Å². The van der Waals surface area contributed by atoms with E-state index in [9.17, 15) is 9.59 Å². The van der Waals surface area contributed by atoms with Gasteiger partial charge in [0.2, 0.25) is 0 Å². The molecule has 0 radical (unpaired) electrons. The van der Waals surface area contributed by atoms with Crippen LogP contribution < -0.4 is 10.5 Å². The SMILES string of the molecule is CC(=O)CN(c1ccc(Cl)cc1)c1nc(=O)c2cccnc2s1. The Morgan fingerprint density at radius 2 is 2.00 bits per heavy atom. The second-order valence-corrected chi connectivity index (χ2v) is 6.31. The van der Waals surface area contributed by atoms with E-state index in [2.05, 4.69) is 9.97 Å². The monoisotopic (exact) mass is 345 g/mol. The minimum absolute atomic E-state index is 0.0393. The van der Waals surface area contributed by atoms with E-state index < -0.39 is 0 Å². The third kappa shape index (κ3) is 3.38. The lowest BCUT2D eigenvalue weighted by Crippen LogP contribution is -2.25. The summed E-state index contributed by atoms with van der Waals surface area (Å²) >= 11 is 7.18. The van der Waals surface area contributed by atoms with Gasteiger partial charge in [-0.1, -0.05) is 22.9 Å². The Labute approximate surface area is 141 Å². The Hall–Kier alpha value is -2.31. The summed E-state index contributed by atoms with van der Waals surface area (Å²) in [6.45, 7) is 1.61. The molecule has 0 aliphatic rings. The van der Waals surface area contributed by atoms with Crippen LogP contribution in [-0.4, -0.2) is 22.3 Å². The van der Waals surface area contributed by atoms with Gasteiger partial charge in [-0.3, -0.25) is 9.59 Å². The fourth-order valence-electron chi connectivity index (χ4n) is 2.12. The number of hydrogen-bond acceptors (Lipinski definition) is 6. The molecule has 7 heteroatoms. The summed E-state index contributed by atoms with van der Waals surface area (Å²) in [5.74, 6) is -0.0393. The molecule has 23 heavy (non-hydrogen) atoms. The highest BCUT2D eigenvalue weighted by Crippen LogP contribution is 2.29. The van der Waals surface area contributed by atoms with Gasteiger partial charge >= 0.3 is 0 Å². The van der Waals surface area contributed by atoms with Gasteiger partial charge in [-0.05, 0) is 43.3 Å². The quantitative estimate of drug-likeness (QED) is 0.724. The average molecular weight is 346 g/mol. The number of halogens is 1. The molecule has 0 amide bonds. The molecule has 0 aliphatic carbocycles. The van der Waals surface area contributed by atoms with Crippen molar-refractivity contribution in [2.75, 3.05) is 11.4 Å².